The van der Waals surface area contributed by atoms with E-state index in [1.54, 1.807) is 32.2 Å². The van der Waals surface area contributed by atoms with Crippen molar-refractivity contribution in [2.24, 2.45) is 0 Å². The molecule has 1 aromatic carbocycles. The van der Waals surface area contributed by atoms with E-state index in [1.807, 2.05) is 0 Å². The first kappa shape index (κ1) is 15.6. The second-order valence-electron chi connectivity index (χ2n) is 5.39. The molecule has 116 valence electrons. The van der Waals surface area contributed by atoms with Crippen molar-refractivity contribution in [3.63, 3.8) is 0 Å². The lowest BCUT2D eigenvalue weighted by atomic mass is 10.2. The van der Waals surface area contributed by atoms with Gasteiger partial charge in [-0.15, -0.1) is 0 Å². The summed E-state index contributed by atoms with van der Waals surface area (Å²) in [6.07, 6.45) is 3.83. The third-order valence-corrected chi connectivity index (χ3v) is 3.79. The Hall–Kier alpha value is -1.75. The average Bonchev–Trinajstić information content (AvgIpc) is 2.99. The molecule has 1 aliphatic rings. The van der Waals surface area contributed by atoms with Crippen molar-refractivity contribution in [1.82, 2.24) is 5.32 Å². The molecule has 0 radical (unpaired) electrons. The second-order valence-corrected chi connectivity index (χ2v) is 5.39. The van der Waals surface area contributed by atoms with Crippen LogP contribution < -0.4 is 14.8 Å². The number of hydrogen-bond acceptors (Lipinski definition) is 4. The Kier molecular flexibility index (Phi) is 5.44. The number of carbonyl (C=O) groups excluding carboxylic acids is 1. The first-order valence-corrected chi connectivity index (χ1v) is 7.39. The molecule has 2 rings (SSSR count). The summed E-state index contributed by atoms with van der Waals surface area (Å²) in [6, 6.07) is 5.45. The van der Waals surface area contributed by atoms with Crippen LogP contribution in [0, 0.1) is 0 Å². The lowest BCUT2D eigenvalue weighted by Gasteiger charge is -2.19. The molecule has 2 N–H and O–H groups in total. The Morgan fingerprint density at radius 1 is 1.38 bits per heavy atom. The summed E-state index contributed by atoms with van der Waals surface area (Å²) in [4.78, 5) is 12.1. The molecule has 1 aliphatic carbocycles. The van der Waals surface area contributed by atoms with Crippen LogP contribution in [0.5, 0.6) is 11.5 Å². The third-order valence-electron chi connectivity index (χ3n) is 3.79. The molecule has 1 aromatic rings. The minimum Gasteiger partial charge on any atom is -0.493 e. The SMILES string of the molecule is COc1ccc(CO)cc1OC(C)C(=O)NC1CCCC1. The number of aliphatic hydroxyl groups is 1. The molecule has 1 atom stereocenters. The maximum Gasteiger partial charge on any atom is 0.260 e. The zero-order valence-electron chi connectivity index (χ0n) is 12.6. The fourth-order valence-corrected chi connectivity index (χ4v) is 2.54. The highest BCUT2D eigenvalue weighted by molar-refractivity contribution is 5.81. The van der Waals surface area contributed by atoms with Crippen molar-refractivity contribution in [3.05, 3.63) is 23.8 Å². The van der Waals surface area contributed by atoms with Crippen LogP contribution >= 0.6 is 0 Å². The van der Waals surface area contributed by atoms with Gasteiger partial charge in [-0.05, 0) is 37.5 Å². The van der Waals surface area contributed by atoms with Gasteiger partial charge >= 0.3 is 0 Å². The quantitative estimate of drug-likeness (QED) is 0.842. The van der Waals surface area contributed by atoms with E-state index in [2.05, 4.69) is 5.32 Å². The van der Waals surface area contributed by atoms with Crippen LogP contribution in [0.25, 0.3) is 0 Å². The molecule has 0 spiro atoms. The van der Waals surface area contributed by atoms with E-state index >= 15 is 0 Å². The molecule has 0 saturated heterocycles. The van der Waals surface area contributed by atoms with Gasteiger partial charge in [0, 0.05) is 6.04 Å². The molecule has 21 heavy (non-hydrogen) atoms. The van der Waals surface area contributed by atoms with E-state index < -0.39 is 6.10 Å². The second kappa shape index (κ2) is 7.31. The van der Waals surface area contributed by atoms with Crippen LogP contribution in [0.2, 0.25) is 0 Å². The number of ether oxygens (including phenoxy) is 2. The summed E-state index contributed by atoms with van der Waals surface area (Å²) < 4.78 is 10.9. The Labute approximate surface area is 125 Å². The van der Waals surface area contributed by atoms with Gasteiger partial charge in [0.1, 0.15) is 0 Å². The molecule has 0 bridgehead atoms. The van der Waals surface area contributed by atoms with Gasteiger partial charge in [-0.2, -0.15) is 0 Å². The van der Waals surface area contributed by atoms with Gasteiger partial charge in [0.25, 0.3) is 5.91 Å². The van der Waals surface area contributed by atoms with E-state index in [0.717, 1.165) is 12.8 Å². The Morgan fingerprint density at radius 2 is 2.10 bits per heavy atom. The number of nitrogens with one attached hydrogen (secondary N) is 1. The van der Waals surface area contributed by atoms with E-state index in [0.29, 0.717) is 17.1 Å². The fraction of sp³-hybridized carbons (Fsp3) is 0.562. The zero-order chi connectivity index (χ0) is 15.2. The summed E-state index contributed by atoms with van der Waals surface area (Å²) >= 11 is 0. The maximum atomic E-state index is 12.1. The van der Waals surface area contributed by atoms with Crippen molar-refractivity contribution in [1.29, 1.82) is 0 Å². The first-order valence-electron chi connectivity index (χ1n) is 7.39. The van der Waals surface area contributed by atoms with E-state index in [9.17, 15) is 9.90 Å². The summed E-state index contributed by atoms with van der Waals surface area (Å²) in [6.45, 7) is 1.64. The standard InChI is InChI=1S/C16H23NO4/c1-11(16(19)17-13-5-3-4-6-13)21-15-9-12(10-18)7-8-14(15)20-2/h7-9,11,13,18H,3-6,10H2,1-2H3,(H,17,19). The van der Waals surface area contributed by atoms with Crippen molar-refractivity contribution < 1.29 is 19.4 Å². The Balaban J connectivity index is 2.00. The number of rotatable bonds is 6. The Bertz CT molecular complexity index is 483. The number of methoxy groups -OCH3 is 1. The van der Waals surface area contributed by atoms with Crippen LogP contribution in [-0.2, 0) is 11.4 Å². The highest BCUT2D eigenvalue weighted by Crippen LogP contribution is 2.29. The minimum atomic E-state index is -0.603. The smallest absolute Gasteiger partial charge is 0.260 e. The predicted molar refractivity (Wildman–Crippen MR) is 79.4 cm³/mol. The predicted octanol–water partition coefficient (Wildman–Crippen LogP) is 2.01. The zero-order valence-corrected chi connectivity index (χ0v) is 12.6. The third kappa shape index (κ3) is 4.11. The lowest BCUT2D eigenvalue weighted by molar-refractivity contribution is -0.128. The van der Waals surface area contributed by atoms with Crippen LogP contribution in [0.3, 0.4) is 0 Å². The Morgan fingerprint density at radius 3 is 2.71 bits per heavy atom. The van der Waals surface area contributed by atoms with E-state index in [-0.39, 0.29) is 18.6 Å². The van der Waals surface area contributed by atoms with Gasteiger partial charge in [0.15, 0.2) is 17.6 Å². The monoisotopic (exact) mass is 293 g/mol. The largest absolute Gasteiger partial charge is 0.493 e. The molecule has 0 heterocycles. The topological polar surface area (TPSA) is 67.8 Å². The summed E-state index contributed by atoms with van der Waals surface area (Å²) in [5.74, 6) is 0.907. The highest BCUT2D eigenvalue weighted by atomic mass is 16.5. The molecule has 1 fully saturated rings. The summed E-state index contributed by atoms with van der Waals surface area (Å²) in [5, 5.41) is 12.2. The van der Waals surface area contributed by atoms with Gasteiger partial charge in [-0.25, -0.2) is 0 Å². The van der Waals surface area contributed by atoms with Gasteiger partial charge in [-0.1, -0.05) is 18.9 Å². The van der Waals surface area contributed by atoms with E-state index in [1.165, 1.54) is 12.8 Å². The van der Waals surface area contributed by atoms with Gasteiger partial charge in [-0.3, -0.25) is 4.79 Å². The molecule has 5 nitrogen and oxygen atoms in total. The van der Waals surface area contributed by atoms with Gasteiger partial charge in [0.2, 0.25) is 0 Å². The van der Waals surface area contributed by atoms with E-state index in [4.69, 9.17) is 9.47 Å². The summed E-state index contributed by atoms with van der Waals surface area (Å²) in [5.41, 5.74) is 0.717. The van der Waals surface area contributed by atoms with Gasteiger partial charge in [0.05, 0.1) is 13.7 Å². The lowest BCUT2D eigenvalue weighted by Crippen LogP contribution is -2.41. The minimum absolute atomic E-state index is 0.0804. The van der Waals surface area contributed by atoms with Crippen LogP contribution in [0.4, 0.5) is 0 Å². The molecule has 5 heteroatoms. The van der Waals surface area contributed by atoms with Crippen LogP contribution in [0.1, 0.15) is 38.2 Å². The number of carbonyl (C=O) groups is 1. The average molecular weight is 293 g/mol. The summed E-state index contributed by atoms with van der Waals surface area (Å²) in [7, 11) is 1.55. The van der Waals surface area contributed by atoms with Crippen LogP contribution in [-0.4, -0.2) is 30.3 Å². The number of aliphatic hydroxyl groups excluding tert-OH is 1. The molecular formula is C16H23NO4. The van der Waals surface area contributed by atoms with Crippen molar-refractivity contribution >= 4 is 5.91 Å². The number of hydrogen-bond donors (Lipinski definition) is 2. The van der Waals surface area contributed by atoms with Gasteiger partial charge < -0.3 is 19.9 Å². The molecule has 1 unspecified atom stereocenters. The molecule has 0 aromatic heterocycles. The molecular weight excluding hydrogens is 270 g/mol. The highest BCUT2D eigenvalue weighted by Gasteiger charge is 2.22. The maximum absolute atomic E-state index is 12.1. The fourth-order valence-electron chi connectivity index (χ4n) is 2.54. The molecule has 1 amide bonds. The van der Waals surface area contributed by atoms with Crippen molar-refractivity contribution in [2.45, 2.75) is 51.4 Å². The molecule has 0 aliphatic heterocycles. The number of amides is 1. The molecule has 1 saturated carbocycles. The first-order chi connectivity index (χ1) is 10.1. The van der Waals surface area contributed by atoms with Crippen molar-refractivity contribution in [2.75, 3.05) is 7.11 Å². The van der Waals surface area contributed by atoms with Crippen molar-refractivity contribution in [3.8, 4) is 11.5 Å². The normalized spacial score (nSPS) is 16.5. The van der Waals surface area contributed by atoms with Crippen LogP contribution in [0.15, 0.2) is 18.2 Å². The number of benzene rings is 1.